The Morgan fingerprint density at radius 2 is 2.00 bits per heavy atom. The average molecular weight is 373 g/mol. The van der Waals surface area contributed by atoms with Crippen LogP contribution in [0.5, 0.6) is 5.75 Å². The van der Waals surface area contributed by atoms with Crippen molar-refractivity contribution in [3.63, 3.8) is 0 Å². The molecule has 0 unspecified atom stereocenters. The highest BCUT2D eigenvalue weighted by molar-refractivity contribution is 7.11. The van der Waals surface area contributed by atoms with Crippen molar-refractivity contribution in [2.24, 2.45) is 4.99 Å². The summed E-state index contributed by atoms with van der Waals surface area (Å²) in [5, 5.41) is 7.81. The second-order valence-corrected chi connectivity index (χ2v) is 8.08. The van der Waals surface area contributed by atoms with E-state index in [9.17, 15) is 0 Å². The molecule has 1 heterocycles. The van der Waals surface area contributed by atoms with E-state index in [0.29, 0.717) is 12.6 Å². The van der Waals surface area contributed by atoms with Gasteiger partial charge in [-0.05, 0) is 51.2 Å². The molecule has 0 atom stereocenters. The zero-order chi connectivity index (χ0) is 18.4. The number of rotatable bonds is 6. The fourth-order valence-electron chi connectivity index (χ4n) is 3.16. The maximum Gasteiger partial charge on any atom is 0.191 e. The minimum absolute atomic E-state index is 0.363. The van der Waals surface area contributed by atoms with Crippen LogP contribution in [0.15, 0.2) is 29.4 Å². The molecule has 5 nitrogen and oxygen atoms in total. The highest BCUT2D eigenvalue weighted by atomic mass is 32.1. The number of aliphatic imine (C=N–C) groups is 1. The van der Waals surface area contributed by atoms with E-state index in [0.717, 1.165) is 36.1 Å². The number of guanidine groups is 1. The zero-order valence-corrected chi connectivity index (χ0v) is 16.7. The maximum absolute atomic E-state index is 6.28. The number of hydrogen-bond acceptors (Lipinski definition) is 4. The van der Waals surface area contributed by atoms with Gasteiger partial charge >= 0.3 is 0 Å². The molecule has 6 heteroatoms. The van der Waals surface area contributed by atoms with E-state index in [1.54, 1.807) is 18.4 Å². The van der Waals surface area contributed by atoms with E-state index in [-0.39, 0.29) is 0 Å². The summed E-state index contributed by atoms with van der Waals surface area (Å²) in [6.45, 7) is 5.54. The quantitative estimate of drug-likeness (QED) is 0.595. The Hall–Kier alpha value is -2.08. The first-order valence-electron chi connectivity index (χ1n) is 9.26. The van der Waals surface area contributed by atoms with Crippen molar-refractivity contribution >= 4 is 17.3 Å². The molecule has 0 radical (unpaired) electrons. The van der Waals surface area contributed by atoms with E-state index < -0.39 is 0 Å². The summed E-state index contributed by atoms with van der Waals surface area (Å²) in [6.07, 6.45) is 7.15. The van der Waals surface area contributed by atoms with Crippen LogP contribution in [0.25, 0.3) is 0 Å². The van der Waals surface area contributed by atoms with Gasteiger partial charge in [-0.1, -0.05) is 12.1 Å². The summed E-state index contributed by atoms with van der Waals surface area (Å²) in [4.78, 5) is 9.80. The molecule has 0 aliphatic heterocycles. The van der Waals surface area contributed by atoms with Crippen LogP contribution in [0, 0.1) is 13.8 Å². The summed E-state index contributed by atoms with van der Waals surface area (Å²) in [5.41, 5.74) is 2.39. The van der Waals surface area contributed by atoms with E-state index in [4.69, 9.17) is 4.74 Å². The fourth-order valence-corrected chi connectivity index (χ4v) is 3.90. The molecule has 1 aromatic carbocycles. The third-order valence-electron chi connectivity index (χ3n) is 4.59. The smallest absolute Gasteiger partial charge is 0.191 e. The van der Waals surface area contributed by atoms with Gasteiger partial charge in [0.15, 0.2) is 5.96 Å². The Morgan fingerprint density at radius 3 is 2.69 bits per heavy atom. The van der Waals surface area contributed by atoms with Gasteiger partial charge in [0.1, 0.15) is 5.75 Å². The zero-order valence-electron chi connectivity index (χ0n) is 15.8. The largest absolute Gasteiger partial charge is 0.490 e. The molecular formula is C20H28N4OS. The van der Waals surface area contributed by atoms with Crippen molar-refractivity contribution < 1.29 is 4.74 Å². The van der Waals surface area contributed by atoms with Crippen molar-refractivity contribution in [3.8, 4) is 5.75 Å². The lowest BCUT2D eigenvalue weighted by atomic mass is 10.1. The maximum atomic E-state index is 6.28. The number of aryl methyl sites for hydroxylation is 2. The number of thiazole rings is 1. The molecule has 0 saturated heterocycles. The van der Waals surface area contributed by atoms with Crippen LogP contribution < -0.4 is 15.4 Å². The van der Waals surface area contributed by atoms with E-state index in [1.165, 1.54) is 28.8 Å². The van der Waals surface area contributed by atoms with Crippen LogP contribution in [0.1, 0.15) is 46.7 Å². The van der Waals surface area contributed by atoms with Crippen LogP contribution in [0.4, 0.5) is 0 Å². The third kappa shape index (κ3) is 5.21. The Morgan fingerprint density at radius 1 is 1.23 bits per heavy atom. The molecule has 3 rings (SSSR count). The number of nitrogens with one attached hydrogen (secondary N) is 2. The van der Waals surface area contributed by atoms with Crippen molar-refractivity contribution in [1.29, 1.82) is 0 Å². The van der Waals surface area contributed by atoms with Gasteiger partial charge in [-0.2, -0.15) is 0 Å². The third-order valence-corrected chi connectivity index (χ3v) is 5.50. The summed E-state index contributed by atoms with van der Waals surface area (Å²) < 4.78 is 6.28. The van der Waals surface area contributed by atoms with Gasteiger partial charge in [-0.25, -0.2) is 4.98 Å². The molecule has 1 saturated carbocycles. The number of ether oxygens (including phenoxy) is 1. The molecule has 1 fully saturated rings. The lowest BCUT2D eigenvalue weighted by Gasteiger charge is -2.18. The second-order valence-electron chi connectivity index (χ2n) is 6.76. The first-order valence-corrected chi connectivity index (χ1v) is 10.1. The van der Waals surface area contributed by atoms with Crippen LogP contribution in [0.3, 0.4) is 0 Å². The number of hydrogen-bond donors (Lipinski definition) is 2. The van der Waals surface area contributed by atoms with Crippen molar-refractivity contribution in [1.82, 2.24) is 15.6 Å². The van der Waals surface area contributed by atoms with Gasteiger partial charge in [0.05, 0.1) is 17.7 Å². The van der Waals surface area contributed by atoms with Crippen molar-refractivity contribution in [2.75, 3.05) is 7.05 Å². The lowest BCUT2D eigenvalue weighted by Crippen LogP contribution is -2.36. The highest BCUT2D eigenvalue weighted by Gasteiger charge is 2.18. The predicted molar refractivity (Wildman–Crippen MR) is 108 cm³/mol. The van der Waals surface area contributed by atoms with Gasteiger partial charge in [0.25, 0.3) is 0 Å². The molecule has 2 aromatic rings. The lowest BCUT2D eigenvalue weighted by molar-refractivity contribution is 0.207. The molecule has 0 amide bonds. The topological polar surface area (TPSA) is 58.5 Å². The van der Waals surface area contributed by atoms with Gasteiger partial charge in [0.2, 0.25) is 0 Å². The normalized spacial score (nSPS) is 15.3. The van der Waals surface area contributed by atoms with Crippen molar-refractivity contribution in [2.45, 2.75) is 58.7 Å². The van der Waals surface area contributed by atoms with Crippen LogP contribution in [0.2, 0.25) is 0 Å². The van der Waals surface area contributed by atoms with Gasteiger partial charge in [0, 0.05) is 30.2 Å². The Balaban J connectivity index is 1.58. The molecule has 0 spiro atoms. The van der Waals surface area contributed by atoms with E-state index in [1.807, 2.05) is 13.1 Å². The Labute approximate surface area is 159 Å². The summed E-state index contributed by atoms with van der Waals surface area (Å²) >= 11 is 1.70. The number of nitrogens with zero attached hydrogens (tertiary/aromatic N) is 2. The summed E-state index contributed by atoms with van der Waals surface area (Å²) in [7, 11) is 1.79. The second kappa shape index (κ2) is 9.03. The molecule has 140 valence electrons. The number of benzene rings is 1. The SMILES string of the molecule is CN=C(NCc1cnc(C)s1)NCc1ccc(C)cc1OC1CCCC1. The molecule has 1 aliphatic carbocycles. The average Bonchev–Trinajstić information content (AvgIpc) is 3.28. The molecule has 1 aliphatic rings. The van der Waals surface area contributed by atoms with Gasteiger partial charge in [-0.3, -0.25) is 4.99 Å². The first-order chi connectivity index (χ1) is 12.6. The van der Waals surface area contributed by atoms with Crippen molar-refractivity contribution in [3.05, 3.63) is 45.4 Å². The van der Waals surface area contributed by atoms with E-state index >= 15 is 0 Å². The van der Waals surface area contributed by atoms with Crippen LogP contribution >= 0.6 is 11.3 Å². The summed E-state index contributed by atoms with van der Waals surface area (Å²) in [5.74, 6) is 1.78. The minimum atomic E-state index is 0.363. The molecule has 1 aromatic heterocycles. The standard InChI is InChI=1S/C20H28N4OS/c1-14-8-9-16(19(10-14)25-17-6-4-5-7-17)11-23-20(21-3)24-13-18-12-22-15(2)26-18/h8-10,12,17H,4-7,11,13H2,1-3H3,(H2,21,23,24). The number of aromatic nitrogens is 1. The predicted octanol–water partition coefficient (Wildman–Crippen LogP) is 3.95. The summed E-state index contributed by atoms with van der Waals surface area (Å²) in [6, 6.07) is 6.42. The van der Waals surface area contributed by atoms with Crippen LogP contribution in [-0.2, 0) is 13.1 Å². The molecule has 2 N–H and O–H groups in total. The highest BCUT2D eigenvalue weighted by Crippen LogP contribution is 2.27. The monoisotopic (exact) mass is 372 g/mol. The van der Waals surface area contributed by atoms with Gasteiger partial charge < -0.3 is 15.4 Å². The molecule has 0 bridgehead atoms. The Kier molecular flexibility index (Phi) is 6.50. The van der Waals surface area contributed by atoms with Crippen LogP contribution in [-0.4, -0.2) is 24.1 Å². The minimum Gasteiger partial charge on any atom is -0.490 e. The van der Waals surface area contributed by atoms with Gasteiger partial charge in [-0.15, -0.1) is 11.3 Å². The van der Waals surface area contributed by atoms with E-state index in [2.05, 4.69) is 45.7 Å². The molecular weight excluding hydrogens is 344 g/mol. The first kappa shape index (κ1) is 18.7. The molecule has 26 heavy (non-hydrogen) atoms. The fraction of sp³-hybridized carbons (Fsp3) is 0.500. The Bertz CT molecular complexity index is 750.